The Labute approximate surface area is 355 Å². The lowest BCUT2D eigenvalue weighted by Gasteiger charge is -2.13. The lowest BCUT2D eigenvalue weighted by molar-refractivity contribution is -0.116. The number of nitriles is 2. The van der Waals surface area contributed by atoms with Gasteiger partial charge in [-0.05, 0) is 102 Å². The summed E-state index contributed by atoms with van der Waals surface area (Å²) in [5.74, 6) is -0.138. The van der Waals surface area contributed by atoms with Crippen LogP contribution in [0.25, 0.3) is 0 Å². The van der Waals surface area contributed by atoms with Gasteiger partial charge in [0.25, 0.3) is 0 Å². The van der Waals surface area contributed by atoms with Crippen molar-refractivity contribution < 1.29 is 35.9 Å². The van der Waals surface area contributed by atoms with Crippen LogP contribution in [0.3, 0.4) is 0 Å². The molecule has 304 valence electrons. The molecule has 14 nitrogen and oxygen atoms in total. The molecule has 0 heterocycles. The fourth-order valence-corrected chi connectivity index (χ4v) is 7.13. The van der Waals surface area contributed by atoms with E-state index in [2.05, 4.69) is 10.6 Å². The van der Waals surface area contributed by atoms with Gasteiger partial charge in [0, 0.05) is 21.4 Å². The number of nitrogens with two attached hydrogens (primary N) is 2. The monoisotopic (exact) mass is 882 g/mol. The van der Waals surface area contributed by atoms with Crippen molar-refractivity contribution in [3.63, 3.8) is 0 Å². The van der Waals surface area contributed by atoms with E-state index in [9.17, 15) is 26.4 Å². The summed E-state index contributed by atoms with van der Waals surface area (Å²) < 4.78 is 59.4. The minimum Gasteiger partial charge on any atom is -0.456 e. The van der Waals surface area contributed by atoms with Crippen molar-refractivity contribution >= 4 is 66.4 Å². The van der Waals surface area contributed by atoms with Crippen molar-refractivity contribution in [2.24, 2.45) is 10.3 Å². The van der Waals surface area contributed by atoms with Gasteiger partial charge < -0.3 is 20.1 Å². The zero-order valence-corrected chi connectivity index (χ0v) is 34.1. The number of hydrogen-bond acceptors (Lipinski definition) is 10. The van der Waals surface area contributed by atoms with Gasteiger partial charge in [-0.15, -0.1) is 0 Å². The second-order valence-corrected chi connectivity index (χ2v) is 16.5. The van der Waals surface area contributed by atoms with Gasteiger partial charge in [0.15, 0.2) is 0 Å². The number of primary sulfonamides is 2. The van der Waals surface area contributed by atoms with Gasteiger partial charge in [-0.3, -0.25) is 9.59 Å². The van der Waals surface area contributed by atoms with Crippen LogP contribution in [0.4, 0.5) is 11.4 Å². The third-order valence-corrected chi connectivity index (χ3v) is 10.4. The molecule has 0 aliphatic rings. The standard InChI is InChI=1S/2C21H16ClN3O4S/c22-16-5-2-6-18(11-16)29-19-8-7-17(12-20(19)30(24,27)28)25-21(26)10-14-3-1-4-15(9-14)13-23;22-16-6-3-7-18(11-16)29-19-9-8-17(12-20(19)30(24,27)28)25-21(26)10-14-4-1-2-5-15(14)13-23/h2*1-9,11-12H,10H2,(H,25,26)(H2,24,27,28). The number of nitrogens with one attached hydrogen (secondary N) is 2. The molecule has 18 heteroatoms. The fraction of sp³-hybridized carbons (Fsp3) is 0.0476. The number of benzene rings is 6. The smallest absolute Gasteiger partial charge is 0.241 e. The van der Waals surface area contributed by atoms with Gasteiger partial charge in [-0.1, -0.05) is 65.7 Å². The largest absolute Gasteiger partial charge is 0.456 e. The molecule has 6 aromatic rings. The molecule has 0 unspecified atom stereocenters. The van der Waals surface area contributed by atoms with E-state index in [4.69, 9.17) is 53.5 Å². The zero-order valence-electron chi connectivity index (χ0n) is 31.0. The Hall–Kier alpha value is -6.76. The van der Waals surface area contributed by atoms with Crippen LogP contribution in [0.15, 0.2) is 143 Å². The van der Waals surface area contributed by atoms with E-state index in [1.54, 1.807) is 84.9 Å². The highest BCUT2D eigenvalue weighted by molar-refractivity contribution is 7.89. The first-order valence-electron chi connectivity index (χ1n) is 17.3. The fourth-order valence-electron chi connectivity index (χ4n) is 5.40. The maximum absolute atomic E-state index is 12.4. The number of rotatable bonds is 12. The van der Waals surface area contributed by atoms with E-state index >= 15 is 0 Å². The molecule has 0 atom stereocenters. The van der Waals surface area contributed by atoms with Gasteiger partial charge >= 0.3 is 0 Å². The number of amides is 2. The Morgan fingerprint density at radius 2 is 1.08 bits per heavy atom. The van der Waals surface area contributed by atoms with E-state index in [1.807, 2.05) is 12.1 Å². The molecule has 0 saturated heterocycles. The number of carbonyl (C=O) groups is 2. The van der Waals surface area contributed by atoms with Crippen LogP contribution in [-0.2, 0) is 42.5 Å². The highest BCUT2D eigenvalue weighted by Gasteiger charge is 2.20. The van der Waals surface area contributed by atoms with Gasteiger partial charge in [0.1, 0.15) is 32.8 Å². The quantitative estimate of drug-likeness (QED) is 0.0934. The summed E-state index contributed by atoms with van der Waals surface area (Å²) in [7, 11) is -8.28. The summed E-state index contributed by atoms with van der Waals surface area (Å²) in [5.41, 5.74) is 2.50. The highest BCUT2D eigenvalue weighted by Crippen LogP contribution is 2.33. The molecule has 0 bridgehead atoms. The number of carbonyl (C=O) groups excluding carboxylic acids is 2. The van der Waals surface area contributed by atoms with Gasteiger partial charge in [0.2, 0.25) is 31.9 Å². The lowest BCUT2D eigenvalue weighted by Crippen LogP contribution is -2.17. The predicted octanol–water partition coefficient (Wildman–Crippen LogP) is 7.67. The van der Waals surface area contributed by atoms with E-state index in [0.717, 1.165) is 0 Å². The first kappa shape index (κ1) is 44.3. The molecular weight excluding hydrogens is 852 g/mol. The molecule has 0 aromatic heterocycles. The van der Waals surface area contributed by atoms with Crippen molar-refractivity contribution in [3.05, 3.63) is 166 Å². The van der Waals surface area contributed by atoms with Crippen molar-refractivity contribution in [3.8, 4) is 35.1 Å². The van der Waals surface area contributed by atoms with Crippen LogP contribution in [0.5, 0.6) is 23.0 Å². The van der Waals surface area contributed by atoms with Crippen molar-refractivity contribution in [1.82, 2.24) is 0 Å². The number of anilines is 2. The normalized spacial score (nSPS) is 10.8. The lowest BCUT2D eigenvalue weighted by atomic mass is 10.1. The van der Waals surface area contributed by atoms with Gasteiger partial charge in [0.05, 0.1) is 36.1 Å². The summed E-state index contributed by atoms with van der Waals surface area (Å²) in [6.45, 7) is 0. The molecular formula is C42H32Cl2N6O8S2. The summed E-state index contributed by atoms with van der Waals surface area (Å²) in [6.07, 6.45) is -0.0315. The Balaban J connectivity index is 0.000000228. The van der Waals surface area contributed by atoms with Crippen molar-refractivity contribution in [1.29, 1.82) is 10.5 Å². The van der Waals surface area contributed by atoms with E-state index in [0.29, 0.717) is 43.8 Å². The SMILES string of the molecule is N#Cc1cccc(CC(=O)Nc2ccc(Oc3cccc(Cl)c3)c(S(N)(=O)=O)c2)c1.N#Cc1ccccc1CC(=O)Nc1ccc(Oc2cccc(Cl)c2)c(S(N)(=O)=O)c1. The van der Waals surface area contributed by atoms with Crippen molar-refractivity contribution in [2.75, 3.05) is 10.6 Å². The van der Waals surface area contributed by atoms with Crippen LogP contribution in [0.2, 0.25) is 10.0 Å². The number of ether oxygens (including phenoxy) is 2. The van der Waals surface area contributed by atoms with Crippen LogP contribution in [0, 0.1) is 22.7 Å². The van der Waals surface area contributed by atoms with Crippen LogP contribution >= 0.6 is 23.2 Å². The minimum absolute atomic E-state index is 0.000475. The summed E-state index contributed by atoms with van der Waals surface area (Å²) in [4.78, 5) is 24.1. The maximum atomic E-state index is 12.4. The molecule has 0 saturated carbocycles. The third kappa shape index (κ3) is 12.9. The van der Waals surface area contributed by atoms with E-state index in [1.165, 1.54) is 48.5 Å². The second kappa shape index (κ2) is 19.8. The van der Waals surface area contributed by atoms with Crippen molar-refractivity contribution in [2.45, 2.75) is 22.6 Å². The molecule has 0 aliphatic heterocycles. The molecule has 6 N–H and O–H groups in total. The van der Waals surface area contributed by atoms with E-state index < -0.39 is 26.0 Å². The van der Waals surface area contributed by atoms with Gasteiger partial charge in [-0.2, -0.15) is 10.5 Å². The van der Waals surface area contributed by atoms with Gasteiger partial charge in [-0.25, -0.2) is 27.1 Å². The third-order valence-electron chi connectivity index (χ3n) is 8.03. The number of halogens is 2. The average molecular weight is 884 g/mol. The number of hydrogen-bond donors (Lipinski definition) is 4. The second-order valence-electron chi connectivity index (χ2n) is 12.6. The first-order chi connectivity index (χ1) is 28.5. The number of sulfonamides is 2. The average Bonchev–Trinajstić information content (AvgIpc) is 3.19. The molecule has 6 aromatic carbocycles. The molecule has 0 aliphatic carbocycles. The zero-order chi connectivity index (χ0) is 43.5. The van der Waals surface area contributed by atoms with Crippen LogP contribution < -0.4 is 30.4 Å². The molecule has 0 spiro atoms. The first-order valence-corrected chi connectivity index (χ1v) is 21.1. The summed E-state index contributed by atoms with van der Waals surface area (Å²) in [6, 6.07) is 38.5. The molecule has 6 rings (SSSR count). The Bertz CT molecular complexity index is 2900. The molecule has 60 heavy (non-hydrogen) atoms. The summed E-state index contributed by atoms with van der Waals surface area (Å²) >= 11 is 11.8. The van der Waals surface area contributed by atoms with Crippen LogP contribution in [-0.4, -0.2) is 28.6 Å². The molecule has 0 radical (unpaired) electrons. The maximum Gasteiger partial charge on any atom is 0.241 e. The minimum atomic E-state index is -4.14. The summed E-state index contributed by atoms with van der Waals surface area (Å²) in [5, 5.41) is 34.8. The van der Waals surface area contributed by atoms with E-state index in [-0.39, 0.29) is 51.4 Å². The topological polar surface area (TPSA) is 245 Å². The Kier molecular flexibility index (Phi) is 14.6. The molecule has 2 amide bonds. The highest BCUT2D eigenvalue weighted by atomic mass is 35.5. The van der Waals surface area contributed by atoms with Crippen LogP contribution in [0.1, 0.15) is 22.3 Å². The Morgan fingerprint density at radius 1 is 0.583 bits per heavy atom. The Morgan fingerprint density at radius 3 is 1.57 bits per heavy atom. The molecule has 0 fully saturated rings. The number of nitrogens with zero attached hydrogens (tertiary/aromatic N) is 2. The predicted molar refractivity (Wildman–Crippen MR) is 226 cm³/mol.